The standard InChI is InChI=1S/C29H31N3O3/c1-4-31(5-2)22-14-12-20(13-15-22)21-17-24-28(26(34)18-21)29(27-11-8-16-35-27)32(19(3)33)25-10-7-6-9-23(25)30-24/h6-16,21,29-30H,4-5,17-18H2,1-3H3/t21-,29+/m0/s1. The molecule has 1 amide bonds. The molecule has 6 nitrogen and oxygen atoms in total. The van der Waals surface area contributed by atoms with Gasteiger partial charge in [-0.05, 0) is 68.1 Å². The van der Waals surface area contributed by atoms with E-state index in [0.717, 1.165) is 35.7 Å². The minimum absolute atomic E-state index is 0.0389. The summed E-state index contributed by atoms with van der Waals surface area (Å²) in [6.45, 7) is 7.75. The number of ketones is 1. The van der Waals surface area contributed by atoms with E-state index in [9.17, 15) is 9.59 Å². The van der Waals surface area contributed by atoms with Gasteiger partial charge in [-0.3, -0.25) is 14.5 Å². The first kappa shape index (κ1) is 23.0. The highest BCUT2D eigenvalue weighted by molar-refractivity contribution is 6.05. The van der Waals surface area contributed by atoms with E-state index in [1.165, 1.54) is 12.6 Å². The summed E-state index contributed by atoms with van der Waals surface area (Å²) >= 11 is 0. The summed E-state index contributed by atoms with van der Waals surface area (Å²) in [5, 5.41) is 3.53. The maximum Gasteiger partial charge on any atom is 0.224 e. The number of furan rings is 1. The van der Waals surface area contributed by atoms with Crippen LogP contribution in [-0.2, 0) is 9.59 Å². The molecule has 6 heteroatoms. The molecule has 1 aliphatic carbocycles. The summed E-state index contributed by atoms with van der Waals surface area (Å²) in [7, 11) is 0. The van der Waals surface area contributed by atoms with Crippen LogP contribution in [0.4, 0.5) is 17.1 Å². The summed E-state index contributed by atoms with van der Waals surface area (Å²) in [6, 6.07) is 19.3. The second-order valence-electron chi connectivity index (χ2n) is 9.13. The number of anilines is 3. The van der Waals surface area contributed by atoms with Gasteiger partial charge in [-0.15, -0.1) is 0 Å². The fraction of sp³-hybridized carbons (Fsp3) is 0.310. The van der Waals surface area contributed by atoms with Crippen LogP contribution in [-0.4, -0.2) is 24.8 Å². The SMILES string of the molecule is CCN(CC)c1ccc([C@@H]2CC(=O)C3=C(C2)Nc2ccccc2N(C(C)=O)[C@@H]3c2ccco2)cc1. The molecule has 1 aromatic heterocycles. The molecule has 5 rings (SSSR count). The number of nitrogens with one attached hydrogen (secondary N) is 1. The molecule has 180 valence electrons. The van der Waals surface area contributed by atoms with Crippen molar-refractivity contribution in [2.75, 3.05) is 28.2 Å². The number of carbonyl (C=O) groups is 2. The minimum atomic E-state index is -0.604. The zero-order chi connectivity index (χ0) is 24.5. The quantitative estimate of drug-likeness (QED) is 0.493. The Morgan fingerprint density at radius 1 is 1.03 bits per heavy atom. The topological polar surface area (TPSA) is 65.8 Å². The Bertz CT molecular complexity index is 1260. The molecule has 2 heterocycles. The molecule has 0 saturated heterocycles. The molecule has 0 radical (unpaired) electrons. The normalized spacial score (nSPS) is 19.5. The van der Waals surface area contributed by atoms with Crippen LogP contribution < -0.4 is 15.1 Å². The van der Waals surface area contributed by atoms with Crippen LogP contribution in [0.5, 0.6) is 0 Å². The molecule has 0 unspecified atom stereocenters. The molecule has 0 bridgehead atoms. The van der Waals surface area contributed by atoms with Crippen LogP contribution in [0.15, 0.2) is 82.6 Å². The van der Waals surface area contributed by atoms with Crippen LogP contribution in [0.1, 0.15) is 56.9 Å². The molecule has 1 aliphatic heterocycles. The Morgan fingerprint density at radius 2 is 1.77 bits per heavy atom. The third-order valence-corrected chi connectivity index (χ3v) is 7.13. The summed E-state index contributed by atoms with van der Waals surface area (Å²) in [4.78, 5) is 30.7. The molecule has 1 N–H and O–H groups in total. The molecular formula is C29H31N3O3. The lowest BCUT2D eigenvalue weighted by molar-refractivity contribution is -0.117. The minimum Gasteiger partial charge on any atom is -0.467 e. The lowest BCUT2D eigenvalue weighted by Gasteiger charge is -2.33. The van der Waals surface area contributed by atoms with Crippen molar-refractivity contribution in [2.45, 2.75) is 45.6 Å². The van der Waals surface area contributed by atoms with Crippen LogP contribution in [0, 0.1) is 0 Å². The zero-order valence-corrected chi connectivity index (χ0v) is 20.5. The smallest absolute Gasteiger partial charge is 0.224 e. The number of fused-ring (bicyclic) bond motifs is 1. The highest BCUT2D eigenvalue weighted by atomic mass is 16.3. The predicted molar refractivity (Wildman–Crippen MR) is 139 cm³/mol. The fourth-order valence-corrected chi connectivity index (χ4v) is 5.44. The van der Waals surface area contributed by atoms with Crippen molar-refractivity contribution < 1.29 is 14.0 Å². The van der Waals surface area contributed by atoms with Crippen molar-refractivity contribution in [3.05, 3.63) is 89.5 Å². The van der Waals surface area contributed by atoms with Crippen molar-refractivity contribution in [3.8, 4) is 0 Å². The van der Waals surface area contributed by atoms with Gasteiger partial charge in [-0.2, -0.15) is 0 Å². The van der Waals surface area contributed by atoms with Gasteiger partial charge in [-0.25, -0.2) is 0 Å². The van der Waals surface area contributed by atoms with Crippen molar-refractivity contribution in [2.24, 2.45) is 0 Å². The number of benzene rings is 2. The van der Waals surface area contributed by atoms with Gasteiger partial charge in [0, 0.05) is 43.4 Å². The largest absolute Gasteiger partial charge is 0.467 e. The lowest BCUT2D eigenvalue weighted by Crippen LogP contribution is -2.37. The van der Waals surface area contributed by atoms with E-state index < -0.39 is 6.04 Å². The van der Waals surface area contributed by atoms with Gasteiger partial charge in [0.1, 0.15) is 11.8 Å². The third-order valence-electron chi connectivity index (χ3n) is 7.13. The predicted octanol–water partition coefficient (Wildman–Crippen LogP) is 6.05. The average molecular weight is 470 g/mol. The van der Waals surface area contributed by atoms with Crippen molar-refractivity contribution in [3.63, 3.8) is 0 Å². The zero-order valence-electron chi connectivity index (χ0n) is 20.5. The first-order valence-electron chi connectivity index (χ1n) is 12.3. The van der Waals surface area contributed by atoms with Crippen molar-refractivity contribution >= 4 is 28.8 Å². The maximum atomic E-state index is 13.8. The van der Waals surface area contributed by atoms with Gasteiger partial charge in [0.05, 0.1) is 17.6 Å². The molecule has 2 atom stereocenters. The number of nitrogens with zero attached hydrogens (tertiary/aromatic N) is 2. The van der Waals surface area contributed by atoms with Gasteiger partial charge >= 0.3 is 0 Å². The molecule has 0 spiro atoms. The summed E-state index contributed by atoms with van der Waals surface area (Å²) < 4.78 is 5.78. The number of hydrogen-bond donors (Lipinski definition) is 1. The van der Waals surface area contributed by atoms with Crippen molar-refractivity contribution in [1.82, 2.24) is 0 Å². The number of amides is 1. The van der Waals surface area contributed by atoms with Crippen LogP contribution in [0.3, 0.4) is 0 Å². The van der Waals surface area contributed by atoms with E-state index in [4.69, 9.17) is 4.42 Å². The van der Waals surface area contributed by atoms with Gasteiger partial charge in [0.25, 0.3) is 0 Å². The fourth-order valence-electron chi connectivity index (χ4n) is 5.44. The third kappa shape index (κ3) is 4.14. The summed E-state index contributed by atoms with van der Waals surface area (Å²) in [6.07, 6.45) is 2.67. The van der Waals surface area contributed by atoms with Crippen molar-refractivity contribution in [1.29, 1.82) is 0 Å². The van der Waals surface area contributed by atoms with Gasteiger partial charge in [0.15, 0.2) is 5.78 Å². The van der Waals surface area contributed by atoms with E-state index >= 15 is 0 Å². The second kappa shape index (κ2) is 9.45. The molecular weight excluding hydrogens is 438 g/mol. The number of rotatable bonds is 5. The Morgan fingerprint density at radius 3 is 2.43 bits per heavy atom. The average Bonchev–Trinajstić information content (AvgIpc) is 3.34. The first-order valence-corrected chi connectivity index (χ1v) is 12.3. The second-order valence-corrected chi connectivity index (χ2v) is 9.13. The molecule has 2 aliphatic rings. The molecule has 0 saturated carbocycles. The van der Waals surface area contributed by atoms with Crippen LogP contribution in [0.25, 0.3) is 0 Å². The van der Waals surface area contributed by atoms with Gasteiger partial charge in [-0.1, -0.05) is 24.3 Å². The summed E-state index contributed by atoms with van der Waals surface area (Å²) in [5.74, 6) is 0.544. The number of allylic oxidation sites excluding steroid dienone is 1. The Balaban J connectivity index is 1.57. The number of carbonyl (C=O) groups excluding carboxylic acids is 2. The van der Waals surface area contributed by atoms with E-state index in [1.54, 1.807) is 17.2 Å². The number of Topliss-reactive ketones (excluding diaryl/α,β-unsaturated/α-hetero) is 1. The lowest BCUT2D eigenvalue weighted by atomic mass is 9.79. The number of para-hydroxylation sites is 2. The van der Waals surface area contributed by atoms with E-state index in [0.29, 0.717) is 24.2 Å². The highest BCUT2D eigenvalue weighted by Crippen LogP contribution is 2.47. The maximum absolute atomic E-state index is 13.8. The van der Waals surface area contributed by atoms with Crippen LogP contribution in [0.2, 0.25) is 0 Å². The molecule has 0 fully saturated rings. The van der Waals surface area contributed by atoms with E-state index in [1.807, 2.05) is 30.3 Å². The Labute approximate surface area is 206 Å². The molecule has 35 heavy (non-hydrogen) atoms. The van der Waals surface area contributed by atoms with Gasteiger partial charge in [0.2, 0.25) is 5.91 Å². The first-order chi connectivity index (χ1) is 17.0. The monoisotopic (exact) mass is 469 g/mol. The Kier molecular flexibility index (Phi) is 6.20. The van der Waals surface area contributed by atoms with E-state index in [-0.39, 0.29) is 17.6 Å². The van der Waals surface area contributed by atoms with E-state index in [2.05, 4.69) is 48.3 Å². The Hall–Kier alpha value is -3.80. The van der Waals surface area contributed by atoms with Gasteiger partial charge < -0.3 is 14.6 Å². The summed E-state index contributed by atoms with van der Waals surface area (Å²) in [5.41, 5.74) is 5.37. The van der Waals surface area contributed by atoms with Crippen LogP contribution >= 0.6 is 0 Å². The molecule has 2 aromatic carbocycles. The molecule has 3 aromatic rings. The highest BCUT2D eigenvalue weighted by Gasteiger charge is 2.42. The number of hydrogen-bond acceptors (Lipinski definition) is 5.